The molecule has 0 spiro atoms. The summed E-state index contributed by atoms with van der Waals surface area (Å²) < 4.78 is 19.1. The molecule has 1 N–H and O–H groups in total. The largest absolute Gasteiger partial charge is 0.456 e. The van der Waals surface area contributed by atoms with Crippen LogP contribution in [0.3, 0.4) is 0 Å². The summed E-state index contributed by atoms with van der Waals surface area (Å²) in [6.07, 6.45) is 0. The van der Waals surface area contributed by atoms with E-state index in [1.807, 2.05) is 54.6 Å². The maximum atomic E-state index is 6.39. The Hall–Kier alpha value is -9.72. The maximum absolute atomic E-state index is 6.39. The van der Waals surface area contributed by atoms with Gasteiger partial charge in [-0.05, 0) is 161 Å². The lowest BCUT2D eigenvalue weighted by Gasteiger charge is -2.39. The van der Waals surface area contributed by atoms with E-state index in [-0.39, 0.29) is 12.1 Å². The number of fused-ring (bicyclic) bond motifs is 5. The Morgan fingerprint density at radius 3 is 1.42 bits per heavy atom. The molecule has 6 nitrogen and oxygen atoms in total. The van der Waals surface area contributed by atoms with Crippen molar-refractivity contribution in [1.29, 1.82) is 0 Å². The van der Waals surface area contributed by atoms with Gasteiger partial charge in [-0.25, -0.2) is 0 Å². The average molecular weight is 994 g/mol. The first-order chi connectivity index (χ1) is 37.8. The first-order valence-electron chi connectivity index (χ1n) is 26.3. The quantitative estimate of drug-likeness (QED) is 0.138. The van der Waals surface area contributed by atoms with Crippen LogP contribution in [0.4, 0.5) is 45.5 Å². The molecule has 0 saturated heterocycles. The van der Waals surface area contributed by atoms with Crippen molar-refractivity contribution in [3.8, 4) is 34.0 Å². The van der Waals surface area contributed by atoms with E-state index in [1.165, 1.54) is 16.5 Å². The third kappa shape index (κ3) is 8.43. The zero-order valence-electron chi connectivity index (χ0n) is 42.9. The summed E-state index contributed by atoms with van der Waals surface area (Å²) in [5, 5.41) is 7.28. The van der Waals surface area contributed by atoms with Crippen LogP contribution in [-0.2, 0) is 5.41 Å². The van der Waals surface area contributed by atoms with Gasteiger partial charge in [-0.15, -0.1) is 0 Å². The summed E-state index contributed by atoms with van der Waals surface area (Å²) in [6.45, 7) is 6.67. The number of rotatable bonds is 10. The lowest BCUT2D eigenvalue weighted by Crippen LogP contribution is -2.57. The minimum atomic E-state index is -0.123. The molecule has 13 aromatic rings. The first kappa shape index (κ1) is 45.9. The molecule has 10 aromatic carbocycles. The van der Waals surface area contributed by atoms with E-state index in [1.54, 1.807) is 0 Å². The summed E-state index contributed by atoms with van der Waals surface area (Å²) in [7, 11) is 0. The molecule has 0 aliphatic carbocycles. The van der Waals surface area contributed by atoms with Crippen LogP contribution in [0, 0.1) is 0 Å². The summed E-state index contributed by atoms with van der Waals surface area (Å²) >= 11 is 0. The van der Waals surface area contributed by atoms with Crippen LogP contribution >= 0.6 is 0 Å². The third-order valence-electron chi connectivity index (χ3n) is 15.1. The van der Waals surface area contributed by atoms with Gasteiger partial charge in [0.2, 0.25) is 6.71 Å². The summed E-state index contributed by atoms with van der Waals surface area (Å²) in [4.78, 5) is 4.82. The van der Waals surface area contributed by atoms with E-state index in [0.717, 1.165) is 118 Å². The summed E-state index contributed by atoms with van der Waals surface area (Å²) in [6, 6.07) is 90.6. The molecule has 3 aromatic heterocycles. The van der Waals surface area contributed by atoms with Crippen LogP contribution in [0.1, 0.15) is 26.3 Å². The zero-order chi connectivity index (χ0) is 51.6. The predicted octanol–water partition coefficient (Wildman–Crippen LogP) is 17.7. The number of benzene rings is 10. The Morgan fingerprint density at radius 1 is 0.416 bits per heavy atom. The Labute approximate surface area is 448 Å². The third-order valence-corrected chi connectivity index (χ3v) is 15.1. The number of hydrogen-bond acceptors (Lipinski definition) is 6. The second-order valence-corrected chi connectivity index (χ2v) is 21.0. The van der Waals surface area contributed by atoms with E-state index >= 15 is 0 Å². The molecule has 4 heterocycles. The fourth-order valence-corrected chi connectivity index (χ4v) is 11.2. The normalized spacial score (nSPS) is 12.3. The van der Waals surface area contributed by atoms with Gasteiger partial charge in [-0.3, -0.25) is 0 Å². The van der Waals surface area contributed by atoms with Crippen molar-refractivity contribution >= 4 is 102 Å². The second kappa shape index (κ2) is 18.6. The van der Waals surface area contributed by atoms with Gasteiger partial charge in [0.1, 0.15) is 34.0 Å². The molecule has 0 unspecified atom stereocenters. The van der Waals surface area contributed by atoms with Crippen LogP contribution in [0.2, 0.25) is 0 Å². The SMILES string of the molecule is CC(C)(C)c1ccc(N(c2ccc(-c3cc4ccccc4o3)cc2)c2cc(Nc3ccc(-c4cc5ccccc5o4)cc3)c3c(c2)N(c2ccc(-c4cc5ccccc5o4)cc2)c2ccccc2B3c2ccccc2)cc1. The van der Waals surface area contributed by atoms with Gasteiger partial charge in [-0.2, -0.15) is 0 Å². The summed E-state index contributed by atoms with van der Waals surface area (Å²) in [5.74, 6) is 2.50. The van der Waals surface area contributed by atoms with Gasteiger partial charge >= 0.3 is 0 Å². The molecule has 7 heteroatoms. The molecule has 368 valence electrons. The Bertz CT molecular complexity index is 4180. The van der Waals surface area contributed by atoms with E-state index in [0.29, 0.717) is 0 Å². The zero-order valence-corrected chi connectivity index (χ0v) is 42.9. The molecule has 0 radical (unpaired) electrons. The molecular formula is C70H52BN3O3. The van der Waals surface area contributed by atoms with E-state index in [4.69, 9.17) is 13.3 Å². The fraction of sp³-hybridized carbons (Fsp3) is 0.0571. The van der Waals surface area contributed by atoms with Crippen molar-refractivity contribution in [2.45, 2.75) is 26.2 Å². The van der Waals surface area contributed by atoms with Gasteiger partial charge in [-0.1, -0.05) is 141 Å². The van der Waals surface area contributed by atoms with Crippen molar-refractivity contribution in [1.82, 2.24) is 0 Å². The minimum Gasteiger partial charge on any atom is -0.456 e. The van der Waals surface area contributed by atoms with Crippen molar-refractivity contribution in [2.24, 2.45) is 0 Å². The monoisotopic (exact) mass is 993 g/mol. The lowest BCUT2D eigenvalue weighted by molar-refractivity contribution is 0.590. The van der Waals surface area contributed by atoms with Crippen LogP contribution < -0.4 is 31.5 Å². The highest BCUT2D eigenvalue weighted by Crippen LogP contribution is 2.45. The molecule has 1 aliphatic rings. The van der Waals surface area contributed by atoms with Crippen molar-refractivity contribution in [3.05, 3.63) is 260 Å². The molecule has 0 fully saturated rings. The molecule has 0 amide bonds. The molecule has 0 bridgehead atoms. The standard InChI is InChI=1S/C70H52BN3O3/c1-70(2,3)52-31-39-56(40-32-52)73(55-35-27-47(28-36-55)67-42-50-16-8-13-23-64(50)76-67)58-44-60(72-54-33-25-46(26-34-54)66-41-49-15-7-12-22-63(49)75-66)69-62(45-58)74(61-21-11-10-20-59(61)71(69)53-18-5-4-6-19-53)57-37-29-48(30-38-57)68-43-51-17-9-14-24-65(51)77-68/h4-45,72H,1-3H3. The molecule has 1 aliphatic heterocycles. The molecule has 0 saturated carbocycles. The van der Waals surface area contributed by atoms with E-state index in [9.17, 15) is 0 Å². The number of anilines is 8. The van der Waals surface area contributed by atoms with Crippen LogP contribution in [-0.4, -0.2) is 6.71 Å². The second-order valence-electron chi connectivity index (χ2n) is 21.0. The van der Waals surface area contributed by atoms with Crippen molar-refractivity contribution in [3.63, 3.8) is 0 Å². The van der Waals surface area contributed by atoms with Gasteiger partial charge < -0.3 is 28.4 Å². The Morgan fingerprint density at radius 2 is 0.883 bits per heavy atom. The molecule has 77 heavy (non-hydrogen) atoms. The predicted molar refractivity (Wildman–Crippen MR) is 321 cm³/mol. The Balaban J connectivity index is 0.977. The average Bonchev–Trinajstić information content (AvgIpc) is 4.35. The molecule has 14 rings (SSSR count). The first-order valence-corrected chi connectivity index (χ1v) is 26.3. The van der Waals surface area contributed by atoms with Crippen molar-refractivity contribution in [2.75, 3.05) is 15.1 Å². The number of nitrogens with one attached hydrogen (secondary N) is 1. The Kier molecular flexibility index (Phi) is 11.1. The fourth-order valence-electron chi connectivity index (χ4n) is 11.2. The number of furan rings is 3. The number of hydrogen-bond donors (Lipinski definition) is 1. The van der Waals surface area contributed by atoms with Crippen LogP contribution in [0.25, 0.3) is 66.9 Å². The van der Waals surface area contributed by atoms with Gasteiger partial charge in [0.15, 0.2) is 0 Å². The van der Waals surface area contributed by atoms with Gasteiger partial charge in [0.25, 0.3) is 0 Å². The molecule has 0 atom stereocenters. The van der Waals surface area contributed by atoms with Crippen LogP contribution in [0.15, 0.2) is 268 Å². The number of para-hydroxylation sites is 4. The highest BCUT2D eigenvalue weighted by atomic mass is 16.3. The number of nitrogens with zero attached hydrogens (tertiary/aromatic N) is 2. The highest BCUT2D eigenvalue weighted by Gasteiger charge is 2.38. The lowest BCUT2D eigenvalue weighted by atomic mass is 9.34. The topological polar surface area (TPSA) is 57.9 Å². The smallest absolute Gasteiger partial charge is 0.249 e. The maximum Gasteiger partial charge on any atom is 0.249 e. The van der Waals surface area contributed by atoms with E-state index in [2.05, 4.69) is 236 Å². The highest BCUT2D eigenvalue weighted by molar-refractivity contribution is 6.99. The molecular weight excluding hydrogens is 942 g/mol. The van der Waals surface area contributed by atoms with Crippen LogP contribution in [0.5, 0.6) is 0 Å². The van der Waals surface area contributed by atoms with Crippen molar-refractivity contribution < 1.29 is 13.3 Å². The summed E-state index contributed by atoms with van der Waals surface area (Å²) in [5.41, 5.74) is 18.6. The minimum absolute atomic E-state index is 0.0270. The van der Waals surface area contributed by atoms with E-state index < -0.39 is 0 Å². The van der Waals surface area contributed by atoms with Gasteiger partial charge in [0, 0.05) is 72.7 Å². The van der Waals surface area contributed by atoms with Gasteiger partial charge in [0.05, 0.1) is 5.69 Å².